The third kappa shape index (κ3) is 2.47. The van der Waals surface area contributed by atoms with Gasteiger partial charge in [0.05, 0.1) is 4.47 Å². The topological polar surface area (TPSA) is 20.2 Å². The summed E-state index contributed by atoms with van der Waals surface area (Å²) in [5.74, 6) is -0.411. The highest BCUT2D eigenvalue weighted by molar-refractivity contribution is 9.10. The SMILES string of the molecule is Cc1ccc(C)c(C(O)c2cccc(Br)c2F)c1. The van der Waals surface area contributed by atoms with Crippen molar-refractivity contribution in [1.82, 2.24) is 0 Å². The molecule has 1 nitrogen and oxygen atoms in total. The summed E-state index contributed by atoms with van der Waals surface area (Å²) in [5, 5.41) is 10.3. The van der Waals surface area contributed by atoms with Crippen molar-refractivity contribution in [2.24, 2.45) is 0 Å². The quantitative estimate of drug-likeness (QED) is 0.877. The van der Waals surface area contributed by atoms with Crippen molar-refractivity contribution in [3.63, 3.8) is 0 Å². The third-order valence-electron chi connectivity index (χ3n) is 3.01. The molecule has 18 heavy (non-hydrogen) atoms. The van der Waals surface area contributed by atoms with Crippen molar-refractivity contribution < 1.29 is 9.50 Å². The van der Waals surface area contributed by atoms with Gasteiger partial charge in [0.25, 0.3) is 0 Å². The minimum atomic E-state index is -0.942. The number of benzene rings is 2. The Balaban J connectivity index is 2.51. The van der Waals surface area contributed by atoms with E-state index in [9.17, 15) is 9.50 Å². The Morgan fingerprint density at radius 3 is 2.56 bits per heavy atom. The van der Waals surface area contributed by atoms with Crippen molar-refractivity contribution in [3.05, 3.63) is 68.9 Å². The lowest BCUT2D eigenvalue weighted by Crippen LogP contribution is -2.05. The average Bonchev–Trinajstić information content (AvgIpc) is 2.35. The predicted molar refractivity (Wildman–Crippen MR) is 74.1 cm³/mol. The van der Waals surface area contributed by atoms with Gasteiger partial charge in [0.2, 0.25) is 0 Å². The van der Waals surface area contributed by atoms with E-state index in [1.807, 2.05) is 32.0 Å². The van der Waals surface area contributed by atoms with E-state index >= 15 is 0 Å². The van der Waals surface area contributed by atoms with Gasteiger partial charge < -0.3 is 5.11 Å². The minimum Gasteiger partial charge on any atom is -0.384 e. The number of aliphatic hydroxyl groups is 1. The fourth-order valence-electron chi connectivity index (χ4n) is 1.95. The van der Waals surface area contributed by atoms with E-state index in [4.69, 9.17) is 0 Å². The van der Waals surface area contributed by atoms with E-state index in [2.05, 4.69) is 15.9 Å². The Bertz CT molecular complexity index is 579. The molecule has 0 saturated carbocycles. The highest BCUT2D eigenvalue weighted by Gasteiger charge is 2.18. The van der Waals surface area contributed by atoms with Crippen LogP contribution in [0.15, 0.2) is 40.9 Å². The summed E-state index contributed by atoms with van der Waals surface area (Å²) in [6.07, 6.45) is -0.942. The van der Waals surface area contributed by atoms with Crippen LogP contribution < -0.4 is 0 Å². The second-order valence-corrected chi connectivity index (χ2v) is 5.26. The lowest BCUT2D eigenvalue weighted by molar-refractivity contribution is 0.214. The molecule has 0 aliphatic rings. The number of aryl methyl sites for hydroxylation is 2. The molecule has 3 heteroatoms. The molecule has 0 spiro atoms. The maximum absolute atomic E-state index is 14.0. The zero-order chi connectivity index (χ0) is 13.3. The maximum Gasteiger partial charge on any atom is 0.143 e. The van der Waals surface area contributed by atoms with E-state index in [1.54, 1.807) is 18.2 Å². The van der Waals surface area contributed by atoms with Crippen LogP contribution in [-0.4, -0.2) is 5.11 Å². The van der Waals surface area contributed by atoms with Crippen LogP contribution in [0.2, 0.25) is 0 Å². The maximum atomic E-state index is 14.0. The molecule has 0 aromatic heterocycles. The highest BCUT2D eigenvalue weighted by Crippen LogP contribution is 2.30. The summed E-state index contributed by atoms with van der Waals surface area (Å²) >= 11 is 3.13. The van der Waals surface area contributed by atoms with Gasteiger partial charge in [-0.05, 0) is 47.0 Å². The highest BCUT2D eigenvalue weighted by atomic mass is 79.9. The molecule has 0 fully saturated rings. The molecule has 0 bridgehead atoms. The van der Waals surface area contributed by atoms with E-state index in [0.29, 0.717) is 4.47 Å². The average molecular weight is 309 g/mol. The van der Waals surface area contributed by atoms with Gasteiger partial charge in [-0.1, -0.05) is 35.9 Å². The molecule has 2 aromatic rings. The minimum absolute atomic E-state index is 0.290. The molecule has 2 aromatic carbocycles. The lowest BCUT2D eigenvalue weighted by atomic mass is 9.95. The Morgan fingerprint density at radius 1 is 1.11 bits per heavy atom. The Hall–Kier alpha value is -1.19. The molecule has 0 radical (unpaired) electrons. The van der Waals surface area contributed by atoms with Gasteiger partial charge in [-0.15, -0.1) is 0 Å². The molecule has 0 aliphatic carbocycles. The molecule has 0 heterocycles. The predicted octanol–water partition coefficient (Wildman–Crippen LogP) is 4.29. The normalized spacial score (nSPS) is 12.5. The standard InChI is InChI=1S/C15H14BrFO/c1-9-6-7-10(2)12(8-9)15(18)11-4-3-5-13(16)14(11)17/h3-8,15,18H,1-2H3. The monoisotopic (exact) mass is 308 g/mol. The summed E-state index contributed by atoms with van der Waals surface area (Å²) in [4.78, 5) is 0. The van der Waals surface area contributed by atoms with E-state index in [1.165, 1.54) is 0 Å². The number of rotatable bonds is 2. The number of hydrogen-bond acceptors (Lipinski definition) is 1. The molecule has 1 unspecified atom stereocenters. The summed E-state index contributed by atoms with van der Waals surface area (Å²) < 4.78 is 14.3. The van der Waals surface area contributed by atoms with Crippen molar-refractivity contribution in [1.29, 1.82) is 0 Å². The first-order chi connectivity index (χ1) is 8.50. The Labute approximate surface area is 114 Å². The first-order valence-corrected chi connectivity index (χ1v) is 6.49. The molecule has 1 atom stereocenters. The van der Waals surface area contributed by atoms with Crippen molar-refractivity contribution in [2.45, 2.75) is 20.0 Å². The van der Waals surface area contributed by atoms with Gasteiger partial charge in [0, 0.05) is 5.56 Å². The lowest BCUT2D eigenvalue weighted by Gasteiger charge is -2.16. The van der Waals surface area contributed by atoms with Crippen LogP contribution >= 0.6 is 15.9 Å². The molecule has 0 aliphatic heterocycles. The van der Waals surface area contributed by atoms with Crippen molar-refractivity contribution >= 4 is 15.9 Å². The fourth-order valence-corrected chi connectivity index (χ4v) is 2.34. The van der Waals surface area contributed by atoms with Gasteiger partial charge in [-0.25, -0.2) is 4.39 Å². The largest absolute Gasteiger partial charge is 0.384 e. The molecular formula is C15H14BrFO. The molecule has 1 N–H and O–H groups in total. The summed E-state index contributed by atoms with van der Waals surface area (Å²) in [5.41, 5.74) is 3.03. The first-order valence-electron chi connectivity index (χ1n) is 5.70. The summed E-state index contributed by atoms with van der Waals surface area (Å²) in [7, 11) is 0. The zero-order valence-corrected chi connectivity index (χ0v) is 11.8. The van der Waals surface area contributed by atoms with Gasteiger partial charge >= 0.3 is 0 Å². The second-order valence-electron chi connectivity index (χ2n) is 4.41. The van der Waals surface area contributed by atoms with Crippen LogP contribution in [-0.2, 0) is 0 Å². The third-order valence-corrected chi connectivity index (χ3v) is 3.62. The molecular weight excluding hydrogens is 295 g/mol. The number of aliphatic hydroxyl groups excluding tert-OH is 1. The Kier molecular flexibility index (Phi) is 3.83. The van der Waals surface area contributed by atoms with Crippen LogP contribution in [0, 0.1) is 19.7 Å². The van der Waals surface area contributed by atoms with E-state index < -0.39 is 11.9 Å². The fraction of sp³-hybridized carbons (Fsp3) is 0.200. The van der Waals surface area contributed by atoms with Crippen LogP contribution in [0.3, 0.4) is 0 Å². The zero-order valence-electron chi connectivity index (χ0n) is 10.2. The van der Waals surface area contributed by atoms with Gasteiger partial charge in [0.1, 0.15) is 11.9 Å². The van der Waals surface area contributed by atoms with Crippen molar-refractivity contribution in [3.8, 4) is 0 Å². The van der Waals surface area contributed by atoms with Gasteiger partial charge in [-0.3, -0.25) is 0 Å². The van der Waals surface area contributed by atoms with Crippen LogP contribution in [0.25, 0.3) is 0 Å². The van der Waals surface area contributed by atoms with E-state index in [0.717, 1.165) is 16.7 Å². The Morgan fingerprint density at radius 2 is 1.83 bits per heavy atom. The molecule has 0 saturated heterocycles. The smallest absolute Gasteiger partial charge is 0.143 e. The van der Waals surface area contributed by atoms with Gasteiger partial charge in [-0.2, -0.15) is 0 Å². The van der Waals surface area contributed by atoms with Gasteiger partial charge in [0.15, 0.2) is 0 Å². The molecule has 2 rings (SSSR count). The van der Waals surface area contributed by atoms with E-state index in [-0.39, 0.29) is 5.56 Å². The second kappa shape index (κ2) is 5.21. The molecule has 94 valence electrons. The van der Waals surface area contributed by atoms with Crippen LogP contribution in [0.4, 0.5) is 4.39 Å². The van der Waals surface area contributed by atoms with Crippen LogP contribution in [0.1, 0.15) is 28.4 Å². The number of halogens is 2. The molecule has 0 amide bonds. The van der Waals surface area contributed by atoms with Crippen molar-refractivity contribution in [2.75, 3.05) is 0 Å². The summed E-state index contributed by atoms with van der Waals surface area (Å²) in [6, 6.07) is 10.7. The summed E-state index contributed by atoms with van der Waals surface area (Å²) in [6.45, 7) is 3.86. The number of hydrogen-bond donors (Lipinski definition) is 1. The first kappa shape index (κ1) is 13.2. The van der Waals surface area contributed by atoms with Crippen LogP contribution in [0.5, 0.6) is 0 Å².